The Bertz CT molecular complexity index is 804. The van der Waals surface area contributed by atoms with Crippen molar-refractivity contribution in [2.75, 3.05) is 6.54 Å². The zero-order chi connectivity index (χ0) is 16.1. The highest BCUT2D eigenvalue weighted by Crippen LogP contribution is 2.23. The van der Waals surface area contributed by atoms with Gasteiger partial charge < -0.3 is 10.3 Å². The van der Waals surface area contributed by atoms with E-state index >= 15 is 0 Å². The molecule has 0 bridgehead atoms. The van der Waals surface area contributed by atoms with E-state index in [1.165, 1.54) is 9.13 Å². The quantitative estimate of drug-likeness (QED) is 0.860. The van der Waals surface area contributed by atoms with Gasteiger partial charge in [0.1, 0.15) is 5.82 Å². The van der Waals surface area contributed by atoms with E-state index in [0.717, 1.165) is 5.82 Å². The van der Waals surface area contributed by atoms with Crippen molar-refractivity contribution in [2.24, 2.45) is 19.8 Å². The van der Waals surface area contributed by atoms with Crippen molar-refractivity contribution in [3.8, 4) is 0 Å². The van der Waals surface area contributed by atoms with E-state index in [-0.39, 0.29) is 29.3 Å². The van der Waals surface area contributed by atoms with Gasteiger partial charge in [0.05, 0.1) is 6.04 Å². The molecule has 0 saturated carbocycles. The van der Waals surface area contributed by atoms with Gasteiger partial charge in [0.15, 0.2) is 11.2 Å². The summed E-state index contributed by atoms with van der Waals surface area (Å²) < 4.78 is 4.39. The molecule has 2 N–H and O–H groups in total. The van der Waals surface area contributed by atoms with E-state index in [9.17, 15) is 9.59 Å². The number of aryl methyl sites for hydroxylation is 2. The van der Waals surface area contributed by atoms with Crippen molar-refractivity contribution in [1.82, 2.24) is 18.7 Å². The fraction of sp³-hybridized carbons (Fsp3) is 0.643. The molecule has 2 rings (SSSR count). The Labute approximate surface area is 123 Å². The van der Waals surface area contributed by atoms with E-state index in [2.05, 4.69) is 4.98 Å². The monoisotopic (exact) mass is 293 g/mol. The number of aromatic nitrogens is 4. The number of hydrogen-bond acceptors (Lipinski definition) is 4. The zero-order valence-corrected chi connectivity index (χ0v) is 13.5. The van der Waals surface area contributed by atoms with Crippen LogP contribution in [-0.2, 0) is 19.5 Å². The van der Waals surface area contributed by atoms with Crippen LogP contribution in [0.4, 0.5) is 0 Å². The van der Waals surface area contributed by atoms with Crippen LogP contribution < -0.4 is 17.0 Å². The second-order valence-corrected chi connectivity index (χ2v) is 6.52. The molecule has 0 aliphatic carbocycles. The molecule has 0 aromatic carbocycles. The molecule has 2 heterocycles. The van der Waals surface area contributed by atoms with E-state index in [1.807, 2.05) is 20.8 Å². The van der Waals surface area contributed by atoms with Crippen molar-refractivity contribution in [3.05, 3.63) is 26.7 Å². The van der Waals surface area contributed by atoms with Gasteiger partial charge in [-0.05, 0) is 6.92 Å². The number of nitrogens with two attached hydrogens (primary N) is 1. The lowest BCUT2D eigenvalue weighted by Crippen LogP contribution is -2.43. The van der Waals surface area contributed by atoms with Gasteiger partial charge in [-0.2, -0.15) is 0 Å². The van der Waals surface area contributed by atoms with E-state index in [0.29, 0.717) is 11.2 Å². The Balaban J connectivity index is 3.01. The minimum atomic E-state index is -0.385. The Morgan fingerprint density at radius 2 is 1.76 bits per heavy atom. The first-order valence-corrected chi connectivity index (χ1v) is 6.99. The van der Waals surface area contributed by atoms with Crippen LogP contribution in [0.25, 0.3) is 11.2 Å². The van der Waals surface area contributed by atoms with Gasteiger partial charge in [-0.3, -0.25) is 13.9 Å². The molecule has 21 heavy (non-hydrogen) atoms. The number of rotatable bonds is 2. The summed E-state index contributed by atoms with van der Waals surface area (Å²) in [4.78, 5) is 29.6. The Kier molecular flexibility index (Phi) is 3.57. The van der Waals surface area contributed by atoms with Gasteiger partial charge in [0, 0.05) is 26.1 Å². The number of fused-ring (bicyclic) bond motifs is 1. The van der Waals surface area contributed by atoms with Gasteiger partial charge in [-0.25, -0.2) is 9.78 Å². The van der Waals surface area contributed by atoms with Crippen molar-refractivity contribution >= 4 is 11.2 Å². The van der Waals surface area contributed by atoms with Crippen molar-refractivity contribution in [1.29, 1.82) is 0 Å². The first-order valence-electron chi connectivity index (χ1n) is 6.99. The normalized spacial score (nSPS) is 13.9. The van der Waals surface area contributed by atoms with Crippen LogP contribution in [0.2, 0.25) is 0 Å². The van der Waals surface area contributed by atoms with Gasteiger partial charge in [-0.1, -0.05) is 20.8 Å². The third kappa shape index (κ3) is 2.21. The minimum Gasteiger partial charge on any atom is -0.328 e. The zero-order valence-electron chi connectivity index (χ0n) is 13.5. The van der Waals surface area contributed by atoms with Crippen LogP contribution in [0.5, 0.6) is 0 Å². The standard InChI is InChI=1S/C14H23N5O2/c1-8(7-15)19-11(20)9-10(18(6)13(19)21)16-12(17(9)5)14(2,3)4/h8H,7,15H2,1-6H3. The molecule has 7 nitrogen and oxygen atoms in total. The number of hydrogen-bond donors (Lipinski definition) is 1. The average Bonchev–Trinajstić information content (AvgIpc) is 2.74. The lowest BCUT2D eigenvalue weighted by atomic mass is 9.96. The molecule has 0 spiro atoms. The second kappa shape index (κ2) is 4.84. The largest absolute Gasteiger partial charge is 0.332 e. The summed E-state index contributed by atoms with van der Waals surface area (Å²) in [5, 5.41) is 0. The van der Waals surface area contributed by atoms with Crippen molar-refractivity contribution in [3.63, 3.8) is 0 Å². The first-order chi connectivity index (χ1) is 9.61. The molecule has 0 aliphatic heterocycles. The van der Waals surface area contributed by atoms with E-state index < -0.39 is 0 Å². The molecule has 0 fully saturated rings. The Hall–Kier alpha value is -1.89. The van der Waals surface area contributed by atoms with Crippen LogP contribution in [0.15, 0.2) is 9.59 Å². The molecule has 0 amide bonds. The Morgan fingerprint density at radius 1 is 1.19 bits per heavy atom. The maximum absolute atomic E-state index is 12.7. The predicted molar refractivity (Wildman–Crippen MR) is 82.7 cm³/mol. The van der Waals surface area contributed by atoms with Crippen LogP contribution >= 0.6 is 0 Å². The van der Waals surface area contributed by atoms with E-state index in [4.69, 9.17) is 5.73 Å². The first kappa shape index (κ1) is 15.5. The summed E-state index contributed by atoms with van der Waals surface area (Å²) in [5.74, 6) is 0.766. The average molecular weight is 293 g/mol. The number of nitrogens with zero attached hydrogens (tertiary/aromatic N) is 4. The smallest absolute Gasteiger partial charge is 0.328 e. The van der Waals surface area contributed by atoms with Crippen LogP contribution in [0.1, 0.15) is 39.6 Å². The molecule has 2 aromatic rings. The topological polar surface area (TPSA) is 87.8 Å². The van der Waals surface area contributed by atoms with Gasteiger partial charge in [0.2, 0.25) is 0 Å². The van der Waals surface area contributed by atoms with Crippen LogP contribution in [-0.4, -0.2) is 25.2 Å². The summed E-state index contributed by atoms with van der Waals surface area (Å²) in [5.41, 5.74) is 5.52. The third-order valence-corrected chi connectivity index (χ3v) is 3.76. The molecule has 0 aliphatic rings. The van der Waals surface area contributed by atoms with Crippen LogP contribution in [0.3, 0.4) is 0 Å². The maximum atomic E-state index is 12.7. The highest BCUT2D eigenvalue weighted by molar-refractivity contribution is 5.71. The highest BCUT2D eigenvalue weighted by atomic mass is 16.2. The fourth-order valence-electron chi connectivity index (χ4n) is 2.58. The summed E-state index contributed by atoms with van der Waals surface area (Å²) >= 11 is 0. The van der Waals surface area contributed by atoms with Crippen molar-refractivity contribution < 1.29 is 0 Å². The molecular weight excluding hydrogens is 270 g/mol. The lowest BCUT2D eigenvalue weighted by molar-refractivity contribution is 0.500. The Morgan fingerprint density at radius 3 is 2.24 bits per heavy atom. The minimum absolute atomic E-state index is 0.222. The van der Waals surface area contributed by atoms with Crippen molar-refractivity contribution in [2.45, 2.75) is 39.2 Å². The summed E-state index contributed by atoms with van der Waals surface area (Å²) in [6.45, 7) is 8.05. The SMILES string of the molecule is CC(CN)n1c(=O)c2c(nc(C(C)(C)C)n2C)n(C)c1=O. The third-order valence-electron chi connectivity index (χ3n) is 3.76. The highest BCUT2D eigenvalue weighted by Gasteiger charge is 2.26. The maximum Gasteiger partial charge on any atom is 0.332 e. The molecule has 7 heteroatoms. The predicted octanol–water partition coefficient (Wildman–Crippen LogP) is 0.251. The molecule has 2 aromatic heterocycles. The molecule has 116 valence electrons. The van der Waals surface area contributed by atoms with Crippen LogP contribution in [0, 0.1) is 0 Å². The number of imidazole rings is 1. The molecular formula is C14H23N5O2. The van der Waals surface area contributed by atoms with E-state index in [1.54, 1.807) is 25.6 Å². The molecule has 1 unspecified atom stereocenters. The molecule has 0 saturated heterocycles. The summed E-state index contributed by atoms with van der Waals surface area (Å²) in [6, 6.07) is -0.353. The lowest BCUT2D eigenvalue weighted by Gasteiger charge is -2.17. The summed E-state index contributed by atoms with van der Waals surface area (Å²) in [7, 11) is 3.43. The molecule has 0 radical (unpaired) electrons. The van der Waals surface area contributed by atoms with Gasteiger partial charge in [0.25, 0.3) is 5.56 Å². The fourth-order valence-corrected chi connectivity index (χ4v) is 2.58. The summed E-state index contributed by atoms with van der Waals surface area (Å²) in [6.07, 6.45) is 0. The van der Waals surface area contributed by atoms with Gasteiger partial charge in [-0.15, -0.1) is 0 Å². The second-order valence-electron chi connectivity index (χ2n) is 6.52. The van der Waals surface area contributed by atoms with Gasteiger partial charge >= 0.3 is 5.69 Å². The molecule has 1 atom stereocenters.